The molecule has 2 aromatic rings. The zero-order valence-corrected chi connectivity index (χ0v) is 12.5. The van der Waals surface area contributed by atoms with Gasteiger partial charge in [-0.3, -0.25) is 0 Å². The summed E-state index contributed by atoms with van der Waals surface area (Å²) in [6, 6.07) is 5.08. The fourth-order valence-electron chi connectivity index (χ4n) is 1.83. The molecule has 8 heteroatoms. The van der Waals surface area contributed by atoms with Crippen molar-refractivity contribution in [1.82, 2.24) is 9.97 Å². The lowest BCUT2D eigenvalue weighted by Crippen LogP contribution is -2.22. The van der Waals surface area contributed by atoms with Crippen LogP contribution in [0.25, 0.3) is 11.0 Å². The van der Waals surface area contributed by atoms with Gasteiger partial charge >= 0.3 is 6.18 Å². The van der Waals surface area contributed by atoms with Gasteiger partial charge in [0.25, 0.3) is 0 Å². The van der Waals surface area contributed by atoms with Gasteiger partial charge in [0.2, 0.25) is 0 Å². The van der Waals surface area contributed by atoms with Crippen LogP contribution in [0.5, 0.6) is 0 Å². The maximum absolute atomic E-state index is 12.3. The first kappa shape index (κ1) is 15.7. The number of anilines is 1. The summed E-state index contributed by atoms with van der Waals surface area (Å²) in [5.74, 6) is 0.0536. The van der Waals surface area contributed by atoms with E-state index in [2.05, 4.69) is 31.2 Å². The maximum Gasteiger partial charge on any atom is 0.405 e. The molecule has 1 aromatic carbocycles. The molecule has 21 heavy (non-hydrogen) atoms. The van der Waals surface area contributed by atoms with Crippen LogP contribution in [0.1, 0.15) is 16.1 Å². The third-order valence-corrected chi connectivity index (χ3v) is 3.48. The summed E-state index contributed by atoms with van der Waals surface area (Å²) < 4.78 is 36.9. The molecular formula is C13H11BrF3N3O. The normalized spacial score (nSPS) is 13.2. The monoisotopic (exact) mass is 361 g/mol. The number of nitrogens with one attached hydrogen (secondary N) is 1. The van der Waals surface area contributed by atoms with Crippen molar-refractivity contribution in [2.45, 2.75) is 17.9 Å². The van der Waals surface area contributed by atoms with Crippen LogP contribution in [0, 0.1) is 6.92 Å². The zero-order chi connectivity index (χ0) is 15.6. The van der Waals surface area contributed by atoms with Gasteiger partial charge in [0.05, 0.1) is 21.6 Å². The molecule has 0 aliphatic heterocycles. The highest BCUT2D eigenvalue weighted by atomic mass is 79.9. The Morgan fingerprint density at radius 3 is 2.71 bits per heavy atom. The quantitative estimate of drug-likeness (QED) is 0.668. The summed E-state index contributed by atoms with van der Waals surface area (Å²) in [5.41, 5.74) is 1.83. The van der Waals surface area contributed by atoms with Gasteiger partial charge in [-0.05, 0) is 13.0 Å². The Morgan fingerprint density at radius 1 is 1.38 bits per heavy atom. The predicted molar refractivity (Wildman–Crippen MR) is 76.6 cm³/mol. The molecule has 1 N–H and O–H groups in total. The lowest BCUT2D eigenvalue weighted by Gasteiger charge is -2.13. The Labute approximate surface area is 126 Å². The minimum absolute atomic E-state index is 0.0536. The van der Waals surface area contributed by atoms with Crippen LogP contribution in [0.2, 0.25) is 0 Å². The Bertz CT molecular complexity index is 675. The maximum atomic E-state index is 12.3. The number of nitrogens with zero attached hydrogens (tertiary/aromatic N) is 2. The molecule has 1 aromatic heterocycles. The molecule has 2 rings (SSSR count). The van der Waals surface area contributed by atoms with E-state index in [0.717, 1.165) is 0 Å². The van der Waals surface area contributed by atoms with Gasteiger partial charge in [-0.25, -0.2) is 9.97 Å². The molecule has 1 unspecified atom stereocenters. The minimum atomic E-state index is -4.34. The number of aldehydes is 1. The first-order chi connectivity index (χ1) is 9.81. The SMILES string of the molecule is Cc1nc2cccc(C(Br)C=O)c2nc1NCC(F)(F)F. The van der Waals surface area contributed by atoms with Crippen LogP contribution in [0.3, 0.4) is 0 Å². The number of fused-ring (bicyclic) bond motifs is 1. The van der Waals surface area contributed by atoms with Crippen molar-refractivity contribution >= 4 is 39.1 Å². The molecule has 0 spiro atoms. The van der Waals surface area contributed by atoms with E-state index >= 15 is 0 Å². The van der Waals surface area contributed by atoms with Crippen molar-refractivity contribution in [3.05, 3.63) is 29.5 Å². The third-order valence-electron chi connectivity index (χ3n) is 2.77. The largest absolute Gasteiger partial charge is 0.405 e. The van der Waals surface area contributed by atoms with Gasteiger partial charge in [0.1, 0.15) is 18.6 Å². The first-order valence-electron chi connectivity index (χ1n) is 5.99. The second-order valence-corrected chi connectivity index (χ2v) is 5.37. The molecule has 0 aliphatic rings. The molecule has 4 nitrogen and oxygen atoms in total. The molecule has 0 saturated heterocycles. The molecule has 1 heterocycles. The molecule has 1 atom stereocenters. The van der Waals surface area contributed by atoms with Gasteiger partial charge in [0.15, 0.2) is 0 Å². The average molecular weight is 362 g/mol. The highest BCUT2D eigenvalue weighted by Gasteiger charge is 2.27. The van der Waals surface area contributed by atoms with Crippen LogP contribution >= 0.6 is 15.9 Å². The average Bonchev–Trinajstić information content (AvgIpc) is 2.42. The third kappa shape index (κ3) is 3.69. The standard InChI is InChI=1S/C13H11BrF3N3O/c1-7-12(18-6-13(15,16)17)20-11-8(9(14)5-21)3-2-4-10(11)19-7/h2-5,9H,6H2,1H3,(H,18,20). The molecule has 0 radical (unpaired) electrons. The minimum Gasteiger partial charge on any atom is -0.360 e. The molecule has 112 valence electrons. The van der Waals surface area contributed by atoms with E-state index in [-0.39, 0.29) is 5.82 Å². The smallest absolute Gasteiger partial charge is 0.360 e. The number of hydrogen-bond donors (Lipinski definition) is 1. The summed E-state index contributed by atoms with van der Waals surface area (Å²) >= 11 is 3.18. The number of hydrogen-bond acceptors (Lipinski definition) is 4. The van der Waals surface area contributed by atoms with Crippen LogP contribution in [-0.2, 0) is 4.79 Å². The van der Waals surface area contributed by atoms with Gasteiger partial charge in [0, 0.05) is 5.56 Å². The number of carbonyl (C=O) groups is 1. The van der Waals surface area contributed by atoms with Crippen molar-refractivity contribution in [3.63, 3.8) is 0 Å². The van der Waals surface area contributed by atoms with Crippen LogP contribution in [0.15, 0.2) is 18.2 Å². The van der Waals surface area contributed by atoms with E-state index in [1.54, 1.807) is 25.1 Å². The van der Waals surface area contributed by atoms with Crippen molar-refractivity contribution < 1.29 is 18.0 Å². The summed E-state index contributed by atoms with van der Waals surface area (Å²) in [7, 11) is 0. The van der Waals surface area contributed by atoms with E-state index in [4.69, 9.17) is 0 Å². The zero-order valence-electron chi connectivity index (χ0n) is 10.9. The van der Waals surface area contributed by atoms with E-state index in [9.17, 15) is 18.0 Å². The topological polar surface area (TPSA) is 54.9 Å². The van der Waals surface area contributed by atoms with Crippen molar-refractivity contribution in [1.29, 1.82) is 0 Å². The van der Waals surface area contributed by atoms with Crippen molar-refractivity contribution in [2.24, 2.45) is 0 Å². The summed E-state index contributed by atoms with van der Waals surface area (Å²) in [6.45, 7) is 0.380. The molecule has 0 amide bonds. The number of benzene rings is 1. The van der Waals surface area contributed by atoms with Gasteiger partial charge in [-0.1, -0.05) is 28.1 Å². The Kier molecular flexibility index (Phi) is 4.46. The van der Waals surface area contributed by atoms with Crippen LogP contribution < -0.4 is 5.32 Å². The summed E-state index contributed by atoms with van der Waals surface area (Å²) in [5, 5.41) is 2.23. The number of alkyl halides is 4. The Balaban J connectivity index is 2.48. The Morgan fingerprint density at radius 2 is 2.10 bits per heavy atom. The van der Waals surface area contributed by atoms with E-state index in [1.807, 2.05) is 0 Å². The highest BCUT2D eigenvalue weighted by molar-refractivity contribution is 9.09. The second-order valence-electron chi connectivity index (χ2n) is 4.38. The van der Waals surface area contributed by atoms with Gasteiger partial charge in [-0.15, -0.1) is 0 Å². The number of aromatic nitrogens is 2. The molecular weight excluding hydrogens is 351 g/mol. The van der Waals surface area contributed by atoms with Gasteiger partial charge in [-0.2, -0.15) is 13.2 Å². The molecule has 0 saturated carbocycles. The van der Waals surface area contributed by atoms with Gasteiger partial charge < -0.3 is 10.1 Å². The number of rotatable bonds is 4. The lowest BCUT2D eigenvalue weighted by atomic mass is 10.1. The molecule has 0 fully saturated rings. The van der Waals surface area contributed by atoms with Crippen LogP contribution in [0.4, 0.5) is 19.0 Å². The lowest BCUT2D eigenvalue weighted by molar-refractivity contribution is -0.115. The fraction of sp³-hybridized carbons (Fsp3) is 0.308. The Hall–Kier alpha value is -1.70. The number of aryl methyl sites for hydroxylation is 1. The second kappa shape index (κ2) is 5.97. The van der Waals surface area contributed by atoms with E-state index in [1.165, 1.54) is 0 Å². The van der Waals surface area contributed by atoms with E-state index < -0.39 is 17.5 Å². The predicted octanol–water partition coefficient (Wildman–Crippen LogP) is 3.55. The number of halogens is 4. The summed E-state index contributed by atoms with van der Waals surface area (Å²) in [4.78, 5) is 18.7. The number of carbonyl (C=O) groups excluding carboxylic acids is 1. The molecule has 0 bridgehead atoms. The first-order valence-corrected chi connectivity index (χ1v) is 6.90. The number of para-hydroxylation sites is 1. The van der Waals surface area contributed by atoms with E-state index in [0.29, 0.717) is 28.6 Å². The highest BCUT2D eigenvalue weighted by Crippen LogP contribution is 2.28. The molecule has 0 aliphatic carbocycles. The van der Waals surface area contributed by atoms with Crippen molar-refractivity contribution in [2.75, 3.05) is 11.9 Å². The summed E-state index contributed by atoms with van der Waals surface area (Å²) in [6.07, 6.45) is -3.66. The van der Waals surface area contributed by atoms with Crippen LogP contribution in [-0.4, -0.2) is 29.0 Å². The van der Waals surface area contributed by atoms with Crippen molar-refractivity contribution in [3.8, 4) is 0 Å². The fourth-order valence-corrected chi connectivity index (χ4v) is 2.20.